The van der Waals surface area contributed by atoms with Crippen LogP contribution in [0.15, 0.2) is 59.3 Å². The van der Waals surface area contributed by atoms with Gasteiger partial charge in [0.15, 0.2) is 0 Å². The molecule has 0 fully saturated rings. The first-order chi connectivity index (χ1) is 15.2. The summed E-state index contributed by atoms with van der Waals surface area (Å²) in [4.78, 5) is 30.6. The summed E-state index contributed by atoms with van der Waals surface area (Å²) < 4.78 is 49.4. The number of ether oxygens (including phenoxy) is 1. The van der Waals surface area contributed by atoms with E-state index >= 15 is 0 Å². The lowest BCUT2D eigenvalue weighted by molar-refractivity contribution is -0.137. The highest BCUT2D eigenvalue weighted by atomic mass is 35.5. The van der Waals surface area contributed by atoms with E-state index in [1.807, 2.05) is 0 Å². The number of alkyl halides is 3. The summed E-state index contributed by atoms with van der Waals surface area (Å²) >= 11 is 5.60. The van der Waals surface area contributed by atoms with Crippen molar-refractivity contribution in [3.63, 3.8) is 0 Å². The first kappa shape index (κ1) is 23.1. The number of hydrogen-bond donors (Lipinski definition) is 1. The number of benzene rings is 1. The molecule has 0 saturated carbocycles. The van der Waals surface area contributed by atoms with Crippen molar-refractivity contribution in [2.45, 2.75) is 12.7 Å². The Labute approximate surface area is 185 Å². The molecule has 11 heteroatoms. The predicted octanol–water partition coefficient (Wildman–Crippen LogP) is 4.64. The van der Waals surface area contributed by atoms with Crippen LogP contribution in [0.25, 0.3) is 0 Å². The van der Waals surface area contributed by atoms with Crippen molar-refractivity contribution in [3.05, 3.63) is 76.8 Å². The second-order valence-electron chi connectivity index (χ2n) is 6.57. The molecule has 2 aromatic heterocycles. The quantitative estimate of drug-likeness (QED) is 0.547. The summed E-state index contributed by atoms with van der Waals surface area (Å²) in [7, 11) is 1.43. The van der Waals surface area contributed by atoms with Gasteiger partial charge in [-0.15, -0.1) is 0 Å². The topological polar surface area (TPSA) is 84.7 Å². The van der Waals surface area contributed by atoms with Crippen LogP contribution in [0, 0.1) is 0 Å². The number of amides is 2. The number of anilines is 1. The van der Waals surface area contributed by atoms with Crippen LogP contribution in [-0.4, -0.2) is 35.4 Å². The zero-order chi connectivity index (χ0) is 23.3. The minimum Gasteiger partial charge on any atom is -0.481 e. The first-order valence-corrected chi connectivity index (χ1v) is 9.53. The fourth-order valence-electron chi connectivity index (χ4n) is 2.79. The molecule has 0 saturated heterocycles. The van der Waals surface area contributed by atoms with Crippen molar-refractivity contribution < 1.29 is 31.9 Å². The maximum absolute atomic E-state index is 13.1. The molecule has 3 rings (SSSR count). The van der Waals surface area contributed by atoms with Crippen molar-refractivity contribution in [1.29, 1.82) is 0 Å². The molecule has 0 aliphatic carbocycles. The monoisotopic (exact) mass is 467 g/mol. The molecule has 0 spiro atoms. The van der Waals surface area contributed by atoms with Gasteiger partial charge in [0.25, 0.3) is 5.91 Å². The Balaban J connectivity index is 1.78. The number of furan rings is 1. The number of carbonyl (C=O) groups excluding carboxylic acids is 2. The molecule has 2 heterocycles. The minimum absolute atomic E-state index is 0.0420. The fraction of sp³-hybridized carbons (Fsp3) is 0.190. The molecule has 3 aromatic rings. The summed E-state index contributed by atoms with van der Waals surface area (Å²) in [5.74, 6) is -0.515. The van der Waals surface area contributed by atoms with E-state index in [-0.39, 0.29) is 17.8 Å². The van der Waals surface area contributed by atoms with Gasteiger partial charge >= 0.3 is 6.18 Å². The third kappa shape index (κ3) is 5.79. The molecule has 32 heavy (non-hydrogen) atoms. The lowest BCUT2D eigenvalue weighted by atomic mass is 10.2. The smallest absolute Gasteiger partial charge is 0.417 e. The van der Waals surface area contributed by atoms with Gasteiger partial charge in [-0.3, -0.25) is 9.59 Å². The average Bonchev–Trinajstić information content (AvgIpc) is 3.26. The van der Waals surface area contributed by atoms with Crippen LogP contribution in [0.5, 0.6) is 5.88 Å². The van der Waals surface area contributed by atoms with Crippen LogP contribution in [0.1, 0.15) is 21.7 Å². The van der Waals surface area contributed by atoms with Crippen LogP contribution in [0.4, 0.5) is 18.9 Å². The maximum Gasteiger partial charge on any atom is 0.417 e. The Morgan fingerprint density at radius 2 is 2.00 bits per heavy atom. The fourth-order valence-corrected chi connectivity index (χ4v) is 3.02. The molecule has 1 N–H and O–H groups in total. The van der Waals surface area contributed by atoms with E-state index < -0.39 is 35.1 Å². The van der Waals surface area contributed by atoms with Crippen LogP contribution < -0.4 is 10.1 Å². The summed E-state index contributed by atoms with van der Waals surface area (Å²) in [5.41, 5.74) is -0.996. The number of methoxy groups -OCH3 is 1. The van der Waals surface area contributed by atoms with Crippen molar-refractivity contribution >= 4 is 29.1 Å². The summed E-state index contributed by atoms with van der Waals surface area (Å²) in [6, 6.07) is 9.22. The number of aromatic nitrogens is 1. The number of nitrogens with one attached hydrogen (secondary N) is 1. The van der Waals surface area contributed by atoms with Crippen molar-refractivity contribution in [3.8, 4) is 5.88 Å². The Bertz CT molecular complexity index is 1090. The zero-order valence-corrected chi connectivity index (χ0v) is 17.4. The van der Waals surface area contributed by atoms with Gasteiger partial charge in [-0.25, -0.2) is 4.98 Å². The second kappa shape index (κ2) is 9.73. The van der Waals surface area contributed by atoms with Gasteiger partial charge < -0.3 is 19.4 Å². The summed E-state index contributed by atoms with van der Waals surface area (Å²) in [5, 5.41) is 1.87. The van der Waals surface area contributed by atoms with Crippen LogP contribution in [0.2, 0.25) is 5.02 Å². The third-order valence-corrected chi connectivity index (χ3v) is 4.63. The van der Waals surface area contributed by atoms with Crippen LogP contribution >= 0.6 is 11.6 Å². The first-order valence-electron chi connectivity index (χ1n) is 9.15. The molecule has 0 aliphatic rings. The molecule has 0 bridgehead atoms. The normalized spacial score (nSPS) is 11.2. The molecule has 0 radical (unpaired) electrons. The number of carbonyl (C=O) groups is 2. The maximum atomic E-state index is 13.1. The zero-order valence-electron chi connectivity index (χ0n) is 16.6. The predicted molar refractivity (Wildman–Crippen MR) is 109 cm³/mol. The minimum atomic E-state index is -4.68. The second-order valence-corrected chi connectivity index (χ2v) is 6.98. The van der Waals surface area contributed by atoms with Gasteiger partial charge in [0.2, 0.25) is 11.8 Å². The van der Waals surface area contributed by atoms with E-state index in [1.165, 1.54) is 42.7 Å². The number of nitrogens with zero attached hydrogens (tertiary/aromatic N) is 2. The van der Waals surface area contributed by atoms with E-state index in [4.69, 9.17) is 20.8 Å². The van der Waals surface area contributed by atoms with Crippen LogP contribution in [0.3, 0.4) is 0 Å². The molecule has 168 valence electrons. The van der Waals surface area contributed by atoms with E-state index in [2.05, 4.69) is 10.3 Å². The molecule has 0 aliphatic heterocycles. The average molecular weight is 468 g/mol. The standard InChI is InChI=1S/C21H17ClF3N3O4/c1-31-19-7-4-13(10-26-19)20(30)28(11-15-3-2-8-32-15)12-18(29)27-14-5-6-17(22)16(9-14)21(23,24)25/h2-10H,11-12H2,1H3,(H,27,29). The van der Waals surface area contributed by atoms with E-state index in [0.29, 0.717) is 11.6 Å². The van der Waals surface area contributed by atoms with Gasteiger partial charge in [-0.05, 0) is 36.4 Å². The Morgan fingerprint density at radius 1 is 1.22 bits per heavy atom. The van der Waals surface area contributed by atoms with Crippen molar-refractivity contribution in [2.75, 3.05) is 19.0 Å². The molecule has 2 amide bonds. The third-order valence-electron chi connectivity index (χ3n) is 4.30. The van der Waals surface area contributed by atoms with Gasteiger partial charge in [-0.2, -0.15) is 13.2 Å². The molecular formula is C21H17ClF3N3O4. The highest BCUT2D eigenvalue weighted by molar-refractivity contribution is 6.31. The van der Waals surface area contributed by atoms with Gasteiger partial charge in [0.05, 0.1) is 36.1 Å². The number of rotatable bonds is 7. The highest BCUT2D eigenvalue weighted by Gasteiger charge is 2.33. The van der Waals surface area contributed by atoms with Gasteiger partial charge in [0.1, 0.15) is 12.3 Å². The van der Waals surface area contributed by atoms with Gasteiger partial charge in [-0.1, -0.05) is 11.6 Å². The molecular weight excluding hydrogens is 451 g/mol. The van der Waals surface area contributed by atoms with E-state index in [0.717, 1.165) is 12.1 Å². The van der Waals surface area contributed by atoms with Crippen molar-refractivity contribution in [2.24, 2.45) is 0 Å². The molecule has 0 atom stereocenters. The van der Waals surface area contributed by atoms with E-state index in [9.17, 15) is 22.8 Å². The summed E-state index contributed by atoms with van der Waals surface area (Å²) in [6.07, 6.45) is -1.97. The number of pyridine rings is 1. The van der Waals surface area contributed by atoms with E-state index in [1.54, 1.807) is 12.1 Å². The summed E-state index contributed by atoms with van der Waals surface area (Å²) in [6.45, 7) is -0.491. The Hall–Kier alpha value is -3.53. The number of halogens is 4. The Kier molecular flexibility index (Phi) is 7.04. The lowest BCUT2D eigenvalue weighted by Crippen LogP contribution is -2.37. The van der Waals surface area contributed by atoms with Gasteiger partial charge in [0, 0.05) is 18.0 Å². The SMILES string of the molecule is COc1ccc(C(=O)N(CC(=O)Nc2ccc(Cl)c(C(F)(F)F)c2)Cc2ccco2)cn1. The largest absolute Gasteiger partial charge is 0.481 e. The molecule has 1 aromatic carbocycles. The molecule has 0 unspecified atom stereocenters. The van der Waals surface area contributed by atoms with Crippen molar-refractivity contribution in [1.82, 2.24) is 9.88 Å². The lowest BCUT2D eigenvalue weighted by Gasteiger charge is -2.21. The highest BCUT2D eigenvalue weighted by Crippen LogP contribution is 2.36. The Morgan fingerprint density at radius 3 is 2.59 bits per heavy atom. The van der Waals surface area contributed by atoms with Crippen LogP contribution in [-0.2, 0) is 17.5 Å². The number of hydrogen-bond acceptors (Lipinski definition) is 5. The molecule has 7 nitrogen and oxygen atoms in total.